The van der Waals surface area contributed by atoms with Gasteiger partial charge >= 0.3 is 0 Å². The first-order valence-corrected chi connectivity index (χ1v) is 3.48. The molecule has 1 rings (SSSR count). The monoisotopic (exact) mass is 148 g/mol. The standard InChI is InChI=1S/C9H12N2/c1-7(10)5-8-3-2-4-9(11)6-8/h2-6H,10-11H2,1H3. The van der Waals surface area contributed by atoms with E-state index >= 15 is 0 Å². The van der Waals surface area contributed by atoms with Crippen LogP contribution in [0, 0.1) is 0 Å². The van der Waals surface area contributed by atoms with Gasteiger partial charge in [-0.3, -0.25) is 0 Å². The molecule has 0 aliphatic carbocycles. The normalized spacial score (nSPS) is 11.5. The summed E-state index contributed by atoms with van der Waals surface area (Å²) >= 11 is 0. The molecule has 0 aliphatic heterocycles. The Hall–Kier alpha value is -1.44. The third-order valence-electron chi connectivity index (χ3n) is 1.31. The van der Waals surface area contributed by atoms with Crippen LogP contribution in [0.15, 0.2) is 30.0 Å². The van der Waals surface area contributed by atoms with Crippen LogP contribution in [0.25, 0.3) is 6.08 Å². The second-order valence-corrected chi connectivity index (χ2v) is 2.56. The first-order chi connectivity index (χ1) is 5.18. The van der Waals surface area contributed by atoms with Crippen LogP contribution in [0.1, 0.15) is 12.5 Å². The van der Waals surface area contributed by atoms with E-state index in [-0.39, 0.29) is 0 Å². The molecular weight excluding hydrogens is 136 g/mol. The summed E-state index contributed by atoms with van der Waals surface area (Å²) in [5.41, 5.74) is 13.7. The molecule has 1 aromatic rings. The fraction of sp³-hybridized carbons (Fsp3) is 0.111. The maximum Gasteiger partial charge on any atom is 0.0320 e. The van der Waals surface area contributed by atoms with Crippen LogP contribution in [-0.2, 0) is 0 Å². The van der Waals surface area contributed by atoms with E-state index in [1.165, 1.54) is 0 Å². The van der Waals surface area contributed by atoms with Gasteiger partial charge in [0.15, 0.2) is 0 Å². The van der Waals surface area contributed by atoms with Crippen molar-refractivity contribution >= 4 is 11.8 Å². The fourth-order valence-corrected chi connectivity index (χ4v) is 0.912. The lowest BCUT2D eigenvalue weighted by atomic mass is 10.2. The van der Waals surface area contributed by atoms with Crippen LogP contribution < -0.4 is 11.5 Å². The van der Waals surface area contributed by atoms with E-state index in [4.69, 9.17) is 11.5 Å². The maximum atomic E-state index is 5.56. The lowest BCUT2D eigenvalue weighted by Gasteiger charge is -1.96. The van der Waals surface area contributed by atoms with Crippen LogP contribution in [0.2, 0.25) is 0 Å². The van der Waals surface area contributed by atoms with Crippen molar-refractivity contribution in [2.24, 2.45) is 5.73 Å². The third-order valence-corrected chi connectivity index (χ3v) is 1.31. The summed E-state index contributed by atoms with van der Waals surface area (Å²) < 4.78 is 0. The zero-order chi connectivity index (χ0) is 8.27. The van der Waals surface area contributed by atoms with Crippen LogP contribution >= 0.6 is 0 Å². The SMILES string of the molecule is CC(N)=Cc1cccc(N)c1. The lowest BCUT2D eigenvalue weighted by molar-refractivity contribution is 1.34. The highest BCUT2D eigenvalue weighted by atomic mass is 14.6. The largest absolute Gasteiger partial charge is 0.402 e. The molecular formula is C9H12N2. The number of benzene rings is 1. The number of hydrogen-bond acceptors (Lipinski definition) is 2. The van der Waals surface area contributed by atoms with Gasteiger partial charge in [-0.05, 0) is 30.7 Å². The molecule has 0 saturated carbocycles. The smallest absolute Gasteiger partial charge is 0.0320 e. The highest BCUT2D eigenvalue weighted by Gasteiger charge is 1.87. The second-order valence-electron chi connectivity index (χ2n) is 2.56. The number of hydrogen-bond donors (Lipinski definition) is 2. The molecule has 0 radical (unpaired) electrons. The number of nitrogen functional groups attached to an aromatic ring is 1. The van der Waals surface area contributed by atoms with Crippen molar-refractivity contribution in [3.8, 4) is 0 Å². The van der Waals surface area contributed by atoms with Crippen molar-refractivity contribution in [1.29, 1.82) is 0 Å². The van der Waals surface area contributed by atoms with Crippen molar-refractivity contribution < 1.29 is 0 Å². The molecule has 0 amide bonds. The van der Waals surface area contributed by atoms with Gasteiger partial charge in [-0.1, -0.05) is 12.1 Å². The van der Waals surface area contributed by atoms with Crippen LogP contribution in [0.3, 0.4) is 0 Å². The fourth-order valence-electron chi connectivity index (χ4n) is 0.912. The molecule has 0 heterocycles. The van der Waals surface area contributed by atoms with E-state index in [1.807, 2.05) is 37.3 Å². The molecule has 0 aromatic heterocycles. The zero-order valence-electron chi connectivity index (χ0n) is 6.54. The van der Waals surface area contributed by atoms with Crippen LogP contribution in [0.4, 0.5) is 5.69 Å². The van der Waals surface area contributed by atoms with Crippen molar-refractivity contribution in [3.63, 3.8) is 0 Å². The Kier molecular flexibility index (Phi) is 2.16. The molecule has 0 unspecified atom stereocenters. The minimum atomic E-state index is 0.764. The van der Waals surface area contributed by atoms with Gasteiger partial charge in [-0.15, -0.1) is 0 Å². The summed E-state index contributed by atoms with van der Waals surface area (Å²) in [6.07, 6.45) is 1.89. The number of rotatable bonds is 1. The molecule has 0 spiro atoms. The molecule has 1 aromatic carbocycles. The summed E-state index contributed by atoms with van der Waals surface area (Å²) in [5, 5.41) is 0. The van der Waals surface area contributed by atoms with Crippen molar-refractivity contribution in [1.82, 2.24) is 0 Å². The van der Waals surface area contributed by atoms with Gasteiger partial charge in [0.1, 0.15) is 0 Å². The van der Waals surface area contributed by atoms with E-state index < -0.39 is 0 Å². The quantitative estimate of drug-likeness (QED) is 0.594. The van der Waals surface area contributed by atoms with Gasteiger partial charge in [0.2, 0.25) is 0 Å². The predicted octanol–water partition coefficient (Wildman–Crippen LogP) is 1.59. The Balaban J connectivity index is 2.97. The molecule has 0 atom stereocenters. The van der Waals surface area contributed by atoms with Gasteiger partial charge in [-0.2, -0.15) is 0 Å². The Morgan fingerprint density at radius 3 is 2.73 bits per heavy atom. The third kappa shape index (κ3) is 2.34. The molecule has 58 valence electrons. The molecule has 0 saturated heterocycles. The molecule has 4 N–H and O–H groups in total. The maximum absolute atomic E-state index is 5.56. The zero-order valence-corrected chi connectivity index (χ0v) is 6.54. The van der Waals surface area contributed by atoms with Crippen LogP contribution in [0.5, 0.6) is 0 Å². The Morgan fingerprint density at radius 2 is 2.18 bits per heavy atom. The van der Waals surface area contributed by atoms with Gasteiger partial charge in [0.05, 0.1) is 0 Å². The first-order valence-electron chi connectivity index (χ1n) is 3.48. The van der Waals surface area contributed by atoms with E-state index in [2.05, 4.69) is 0 Å². The van der Waals surface area contributed by atoms with Crippen LogP contribution in [-0.4, -0.2) is 0 Å². The summed E-state index contributed by atoms with van der Waals surface area (Å²) in [7, 11) is 0. The highest BCUT2D eigenvalue weighted by Crippen LogP contribution is 2.08. The lowest BCUT2D eigenvalue weighted by Crippen LogP contribution is -1.90. The van der Waals surface area contributed by atoms with Gasteiger partial charge < -0.3 is 11.5 Å². The average molecular weight is 148 g/mol. The van der Waals surface area contributed by atoms with Crippen molar-refractivity contribution in [3.05, 3.63) is 35.5 Å². The minimum Gasteiger partial charge on any atom is -0.402 e. The average Bonchev–Trinajstić information content (AvgIpc) is 1.85. The summed E-state index contributed by atoms with van der Waals surface area (Å²) in [6.45, 7) is 1.85. The Morgan fingerprint density at radius 1 is 1.45 bits per heavy atom. The van der Waals surface area contributed by atoms with E-state index in [9.17, 15) is 0 Å². The summed E-state index contributed by atoms with van der Waals surface area (Å²) in [5.74, 6) is 0. The molecule has 0 fully saturated rings. The Labute approximate surface area is 66.5 Å². The number of anilines is 1. The summed E-state index contributed by atoms with van der Waals surface area (Å²) in [4.78, 5) is 0. The highest BCUT2D eigenvalue weighted by molar-refractivity contribution is 5.56. The van der Waals surface area contributed by atoms with Gasteiger partial charge in [-0.25, -0.2) is 0 Å². The number of allylic oxidation sites excluding steroid dienone is 1. The van der Waals surface area contributed by atoms with E-state index in [1.54, 1.807) is 0 Å². The number of nitrogens with two attached hydrogens (primary N) is 2. The second kappa shape index (κ2) is 3.10. The Bertz CT molecular complexity index is 273. The van der Waals surface area contributed by atoms with Crippen molar-refractivity contribution in [2.75, 3.05) is 5.73 Å². The predicted molar refractivity (Wildman–Crippen MR) is 48.7 cm³/mol. The molecule has 11 heavy (non-hydrogen) atoms. The molecule has 0 aliphatic rings. The van der Waals surface area contributed by atoms with Gasteiger partial charge in [0.25, 0.3) is 0 Å². The van der Waals surface area contributed by atoms with Crippen molar-refractivity contribution in [2.45, 2.75) is 6.92 Å². The van der Waals surface area contributed by atoms with Gasteiger partial charge in [0, 0.05) is 11.4 Å². The topological polar surface area (TPSA) is 52.0 Å². The van der Waals surface area contributed by atoms with E-state index in [0.717, 1.165) is 16.9 Å². The molecule has 0 bridgehead atoms. The van der Waals surface area contributed by atoms with E-state index in [0.29, 0.717) is 0 Å². The summed E-state index contributed by atoms with van der Waals surface area (Å²) in [6, 6.07) is 7.61. The molecule has 2 heteroatoms. The minimum absolute atomic E-state index is 0.764. The first kappa shape index (κ1) is 7.66. The molecule has 2 nitrogen and oxygen atoms in total.